The molecule has 1 saturated carbocycles. The standard InChI is InChI=1S/C16H15BrN2O4/c17-10-4-5-12-11(8-10)16(14(21)19(12)15(22)23)6-1-7-18(16)13(20)9-2-3-9/h4-5,8-9H,1-3,6-7H2,(H,22,23). The highest BCUT2D eigenvalue weighted by Gasteiger charge is 2.60. The Morgan fingerprint density at radius 2 is 2.04 bits per heavy atom. The summed E-state index contributed by atoms with van der Waals surface area (Å²) in [6.07, 6.45) is 1.57. The number of carbonyl (C=O) groups is 3. The molecule has 1 aromatic rings. The zero-order chi connectivity index (χ0) is 16.4. The number of imide groups is 1. The number of likely N-dealkylation sites (tertiary alicyclic amines) is 1. The Morgan fingerprint density at radius 1 is 1.30 bits per heavy atom. The fraction of sp³-hybridized carbons (Fsp3) is 0.438. The van der Waals surface area contributed by atoms with Crippen LogP contribution >= 0.6 is 15.9 Å². The predicted octanol–water partition coefficient (Wildman–Crippen LogP) is 2.70. The topological polar surface area (TPSA) is 77.9 Å². The lowest BCUT2D eigenvalue weighted by Crippen LogP contribution is -2.53. The molecule has 3 amide bonds. The van der Waals surface area contributed by atoms with Crippen molar-refractivity contribution in [3.8, 4) is 0 Å². The summed E-state index contributed by atoms with van der Waals surface area (Å²) in [6.45, 7) is 0.500. The SMILES string of the molecule is O=C(O)N1C(=O)C2(CCCN2C(=O)C2CC2)c2cc(Br)ccc21. The highest BCUT2D eigenvalue weighted by molar-refractivity contribution is 9.10. The van der Waals surface area contributed by atoms with Crippen molar-refractivity contribution in [1.29, 1.82) is 0 Å². The Bertz CT molecular complexity index is 746. The summed E-state index contributed by atoms with van der Waals surface area (Å²) < 4.78 is 0.765. The van der Waals surface area contributed by atoms with Gasteiger partial charge in [-0.15, -0.1) is 0 Å². The first-order valence-corrected chi connectivity index (χ1v) is 8.45. The van der Waals surface area contributed by atoms with Gasteiger partial charge < -0.3 is 10.0 Å². The van der Waals surface area contributed by atoms with E-state index >= 15 is 0 Å². The van der Waals surface area contributed by atoms with Crippen molar-refractivity contribution < 1.29 is 19.5 Å². The molecule has 1 spiro atoms. The fourth-order valence-corrected chi connectivity index (χ4v) is 4.17. The molecule has 2 heterocycles. The highest BCUT2D eigenvalue weighted by atomic mass is 79.9. The molecule has 7 heteroatoms. The molecule has 2 aliphatic heterocycles. The van der Waals surface area contributed by atoms with Crippen LogP contribution in [0.2, 0.25) is 0 Å². The van der Waals surface area contributed by atoms with Gasteiger partial charge in [-0.3, -0.25) is 9.59 Å². The number of carbonyl (C=O) groups excluding carboxylic acids is 2. The second-order valence-electron chi connectivity index (χ2n) is 6.31. The molecule has 1 aromatic carbocycles. The molecule has 0 radical (unpaired) electrons. The normalized spacial score (nSPS) is 26.0. The minimum absolute atomic E-state index is 0.00717. The van der Waals surface area contributed by atoms with Gasteiger partial charge in [0.1, 0.15) is 5.54 Å². The summed E-state index contributed by atoms with van der Waals surface area (Å²) >= 11 is 3.39. The van der Waals surface area contributed by atoms with Crippen LogP contribution in [0.3, 0.4) is 0 Å². The number of fused-ring (bicyclic) bond motifs is 2. The molecular weight excluding hydrogens is 364 g/mol. The number of hydrogen-bond donors (Lipinski definition) is 1. The number of halogens is 1. The van der Waals surface area contributed by atoms with Crippen molar-refractivity contribution in [3.05, 3.63) is 28.2 Å². The minimum atomic E-state index is -1.30. The summed E-state index contributed by atoms with van der Waals surface area (Å²) in [5.41, 5.74) is -0.177. The monoisotopic (exact) mass is 378 g/mol. The van der Waals surface area contributed by atoms with E-state index < -0.39 is 17.5 Å². The van der Waals surface area contributed by atoms with E-state index in [1.807, 2.05) is 0 Å². The zero-order valence-electron chi connectivity index (χ0n) is 12.3. The van der Waals surface area contributed by atoms with Crippen LogP contribution in [0.25, 0.3) is 0 Å². The number of amides is 3. The van der Waals surface area contributed by atoms with E-state index in [0.29, 0.717) is 30.6 Å². The fourth-order valence-electron chi connectivity index (χ4n) is 3.80. The summed E-state index contributed by atoms with van der Waals surface area (Å²) in [5, 5.41) is 9.48. The van der Waals surface area contributed by atoms with Gasteiger partial charge in [-0.25, -0.2) is 9.69 Å². The maximum atomic E-state index is 13.0. The predicted molar refractivity (Wildman–Crippen MR) is 85.0 cm³/mol. The van der Waals surface area contributed by atoms with Crippen LogP contribution in [-0.2, 0) is 15.1 Å². The third-order valence-electron chi connectivity index (χ3n) is 4.97. The van der Waals surface area contributed by atoms with Crippen molar-refractivity contribution >= 4 is 39.5 Å². The Hall–Kier alpha value is -1.89. The van der Waals surface area contributed by atoms with E-state index in [9.17, 15) is 19.5 Å². The third-order valence-corrected chi connectivity index (χ3v) is 5.46. The molecule has 4 rings (SSSR count). The molecule has 23 heavy (non-hydrogen) atoms. The summed E-state index contributed by atoms with van der Waals surface area (Å²) in [6, 6.07) is 5.11. The Kier molecular flexibility index (Phi) is 3.07. The number of anilines is 1. The van der Waals surface area contributed by atoms with E-state index in [1.165, 1.54) is 0 Å². The first-order chi connectivity index (χ1) is 11.0. The molecule has 1 unspecified atom stereocenters. The van der Waals surface area contributed by atoms with E-state index in [-0.39, 0.29) is 11.8 Å². The number of benzene rings is 1. The van der Waals surface area contributed by atoms with Gasteiger partial charge in [0.05, 0.1) is 5.69 Å². The molecular formula is C16H15BrN2O4. The maximum absolute atomic E-state index is 13.0. The van der Waals surface area contributed by atoms with Crippen LogP contribution in [0, 0.1) is 5.92 Å². The highest BCUT2D eigenvalue weighted by Crippen LogP contribution is 2.52. The van der Waals surface area contributed by atoms with E-state index in [4.69, 9.17) is 0 Å². The second-order valence-corrected chi connectivity index (χ2v) is 7.23. The molecule has 3 aliphatic rings. The van der Waals surface area contributed by atoms with Gasteiger partial charge >= 0.3 is 6.09 Å². The molecule has 1 aliphatic carbocycles. The molecule has 6 nitrogen and oxygen atoms in total. The van der Waals surface area contributed by atoms with E-state index in [2.05, 4.69) is 15.9 Å². The lowest BCUT2D eigenvalue weighted by Gasteiger charge is -2.34. The van der Waals surface area contributed by atoms with Gasteiger partial charge in [0, 0.05) is 22.5 Å². The zero-order valence-corrected chi connectivity index (χ0v) is 13.9. The van der Waals surface area contributed by atoms with Crippen molar-refractivity contribution in [2.75, 3.05) is 11.4 Å². The first kappa shape index (κ1) is 14.7. The lowest BCUT2D eigenvalue weighted by atomic mass is 9.88. The summed E-state index contributed by atoms with van der Waals surface area (Å²) in [7, 11) is 0. The largest absolute Gasteiger partial charge is 0.464 e. The molecule has 1 saturated heterocycles. The van der Waals surface area contributed by atoms with Crippen molar-refractivity contribution in [3.63, 3.8) is 0 Å². The molecule has 0 aromatic heterocycles. The van der Waals surface area contributed by atoms with Gasteiger partial charge in [0.15, 0.2) is 0 Å². The minimum Gasteiger partial charge on any atom is -0.464 e. The number of rotatable bonds is 1. The van der Waals surface area contributed by atoms with Crippen LogP contribution in [0.1, 0.15) is 31.2 Å². The lowest BCUT2D eigenvalue weighted by molar-refractivity contribution is -0.144. The maximum Gasteiger partial charge on any atom is 0.418 e. The average Bonchev–Trinajstić information content (AvgIpc) is 3.21. The van der Waals surface area contributed by atoms with Gasteiger partial charge in [-0.05, 0) is 43.9 Å². The van der Waals surface area contributed by atoms with Crippen molar-refractivity contribution in [1.82, 2.24) is 4.90 Å². The van der Waals surface area contributed by atoms with Crippen LogP contribution in [0.5, 0.6) is 0 Å². The summed E-state index contributed by atoms with van der Waals surface area (Å²) in [5.74, 6) is -0.550. The number of carboxylic acid groups (broad SMARTS) is 1. The van der Waals surface area contributed by atoms with Crippen molar-refractivity contribution in [2.45, 2.75) is 31.2 Å². The number of nitrogens with zero attached hydrogens (tertiary/aromatic N) is 2. The molecule has 2 fully saturated rings. The quantitative estimate of drug-likeness (QED) is 0.814. The molecule has 0 bridgehead atoms. The smallest absolute Gasteiger partial charge is 0.418 e. The third kappa shape index (κ3) is 1.89. The Balaban J connectivity index is 1.90. The summed E-state index contributed by atoms with van der Waals surface area (Å²) in [4.78, 5) is 39.7. The average molecular weight is 379 g/mol. The van der Waals surface area contributed by atoms with E-state index in [1.54, 1.807) is 23.1 Å². The Morgan fingerprint density at radius 3 is 2.70 bits per heavy atom. The molecule has 1 N–H and O–H groups in total. The van der Waals surface area contributed by atoms with Gasteiger partial charge in [-0.1, -0.05) is 15.9 Å². The molecule has 1 atom stereocenters. The van der Waals surface area contributed by atoms with Crippen LogP contribution < -0.4 is 4.90 Å². The second kappa shape index (κ2) is 4.80. The van der Waals surface area contributed by atoms with E-state index in [0.717, 1.165) is 22.2 Å². The van der Waals surface area contributed by atoms with Gasteiger partial charge in [0.25, 0.3) is 5.91 Å². The first-order valence-electron chi connectivity index (χ1n) is 7.66. The molecule has 120 valence electrons. The van der Waals surface area contributed by atoms with Crippen molar-refractivity contribution in [2.24, 2.45) is 5.92 Å². The van der Waals surface area contributed by atoms with Gasteiger partial charge in [-0.2, -0.15) is 0 Å². The number of hydrogen-bond acceptors (Lipinski definition) is 3. The Labute approximate surface area is 141 Å². The van der Waals surface area contributed by atoms with Crippen LogP contribution in [0.4, 0.5) is 10.5 Å². The van der Waals surface area contributed by atoms with Crippen LogP contribution in [-0.4, -0.2) is 34.5 Å². The van der Waals surface area contributed by atoms with Crippen LogP contribution in [0.15, 0.2) is 22.7 Å². The van der Waals surface area contributed by atoms with Gasteiger partial charge in [0.2, 0.25) is 5.91 Å².